The van der Waals surface area contributed by atoms with Gasteiger partial charge in [0, 0.05) is 17.8 Å². The molecular formula is C22H21N5O4. The first kappa shape index (κ1) is 20.1. The molecule has 3 aromatic heterocycles. The Morgan fingerprint density at radius 3 is 2.81 bits per heavy atom. The highest BCUT2D eigenvalue weighted by Crippen LogP contribution is 2.25. The molecule has 0 radical (unpaired) electrons. The Morgan fingerprint density at radius 2 is 2.06 bits per heavy atom. The minimum absolute atomic E-state index is 0.198. The Balaban J connectivity index is 1.78. The quantitative estimate of drug-likeness (QED) is 0.474. The van der Waals surface area contributed by atoms with E-state index in [1.54, 1.807) is 42.5 Å². The molecule has 0 atom stereocenters. The molecule has 3 heterocycles. The summed E-state index contributed by atoms with van der Waals surface area (Å²) in [5.74, 6) is 1.08. The van der Waals surface area contributed by atoms with Crippen LogP contribution in [0.3, 0.4) is 0 Å². The first-order valence-electron chi connectivity index (χ1n) is 9.78. The SMILES string of the molecule is CCCc1cc(=O)[nH]c(-n2nc(-c3ccco3)cc2NC(=O)c2ccccc2OC)n1. The van der Waals surface area contributed by atoms with Crippen LogP contribution in [0.1, 0.15) is 29.4 Å². The van der Waals surface area contributed by atoms with E-state index < -0.39 is 5.91 Å². The van der Waals surface area contributed by atoms with Gasteiger partial charge in [0.1, 0.15) is 17.3 Å². The van der Waals surface area contributed by atoms with E-state index in [9.17, 15) is 9.59 Å². The maximum atomic E-state index is 13.0. The van der Waals surface area contributed by atoms with Crippen LogP contribution in [0.15, 0.2) is 64.0 Å². The van der Waals surface area contributed by atoms with E-state index in [1.807, 2.05) is 6.92 Å². The van der Waals surface area contributed by atoms with Crippen molar-refractivity contribution in [3.05, 3.63) is 76.4 Å². The van der Waals surface area contributed by atoms with Gasteiger partial charge in [0.25, 0.3) is 11.5 Å². The summed E-state index contributed by atoms with van der Waals surface area (Å²) in [6, 6.07) is 13.5. The molecule has 0 aliphatic rings. The lowest BCUT2D eigenvalue weighted by Crippen LogP contribution is -2.19. The summed E-state index contributed by atoms with van der Waals surface area (Å²) < 4.78 is 12.1. The van der Waals surface area contributed by atoms with Crippen molar-refractivity contribution in [3.8, 4) is 23.2 Å². The third-order valence-corrected chi connectivity index (χ3v) is 4.57. The molecule has 0 bridgehead atoms. The first-order chi connectivity index (χ1) is 15.1. The number of anilines is 1. The second-order valence-corrected chi connectivity index (χ2v) is 6.77. The highest BCUT2D eigenvalue weighted by Gasteiger charge is 2.19. The number of aryl methyl sites for hydroxylation is 1. The van der Waals surface area contributed by atoms with Crippen LogP contribution in [0.25, 0.3) is 17.4 Å². The van der Waals surface area contributed by atoms with Crippen molar-refractivity contribution >= 4 is 11.7 Å². The molecule has 0 saturated heterocycles. The maximum Gasteiger partial charge on any atom is 0.260 e. The summed E-state index contributed by atoms with van der Waals surface area (Å²) in [5.41, 5.74) is 1.17. The fourth-order valence-electron chi connectivity index (χ4n) is 3.17. The highest BCUT2D eigenvalue weighted by molar-refractivity contribution is 6.06. The van der Waals surface area contributed by atoms with Crippen molar-refractivity contribution in [2.45, 2.75) is 19.8 Å². The van der Waals surface area contributed by atoms with Gasteiger partial charge in [0.05, 0.1) is 18.9 Å². The molecule has 0 aliphatic carbocycles. The molecule has 9 nitrogen and oxygen atoms in total. The average molecular weight is 419 g/mol. The van der Waals surface area contributed by atoms with E-state index in [0.29, 0.717) is 40.7 Å². The molecular weight excluding hydrogens is 398 g/mol. The molecule has 9 heteroatoms. The van der Waals surface area contributed by atoms with E-state index in [4.69, 9.17) is 9.15 Å². The van der Waals surface area contributed by atoms with Gasteiger partial charge in [-0.15, -0.1) is 0 Å². The van der Waals surface area contributed by atoms with Gasteiger partial charge in [-0.25, -0.2) is 4.98 Å². The van der Waals surface area contributed by atoms with Gasteiger partial charge in [0.15, 0.2) is 5.76 Å². The second-order valence-electron chi connectivity index (χ2n) is 6.77. The number of H-pyrrole nitrogens is 1. The van der Waals surface area contributed by atoms with Crippen LogP contribution < -0.4 is 15.6 Å². The summed E-state index contributed by atoms with van der Waals surface area (Å²) >= 11 is 0. The topological polar surface area (TPSA) is 115 Å². The average Bonchev–Trinajstić information content (AvgIpc) is 3.43. The van der Waals surface area contributed by atoms with Crippen molar-refractivity contribution in [1.82, 2.24) is 19.7 Å². The molecule has 0 saturated carbocycles. The Morgan fingerprint density at radius 1 is 1.23 bits per heavy atom. The van der Waals surface area contributed by atoms with E-state index in [1.165, 1.54) is 24.1 Å². The van der Waals surface area contributed by atoms with Crippen LogP contribution in [0, 0.1) is 0 Å². The third kappa shape index (κ3) is 4.25. The summed E-state index contributed by atoms with van der Waals surface area (Å²) in [7, 11) is 1.50. The number of aromatic amines is 1. The second kappa shape index (κ2) is 8.70. The Bertz CT molecular complexity index is 1260. The molecule has 0 unspecified atom stereocenters. The lowest BCUT2D eigenvalue weighted by Gasteiger charge is -2.11. The third-order valence-electron chi connectivity index (χ3n) is 4.57. The monoisotopic (exact) mass is 419 g/mol. The van der Waals surface area contributed by atoms with Gasteiger partial charge in [-0.1, -0.05) is 25.5 Å². The Hall–Kier alpha value is -4.14. The van der Waals surface area contributed by atoms with Crippen LogP contribution in [-0.2, 0) is 6.42 Å². The van der Waals surface area contributed by atoms with Crippen LogP contribution >= 0.6 is 0 Å². The predicted molar refractivity (Wildman–Crippen MR) is 115 cm³/mol. The van der Waals surface area contributed by atoms with Crippen molar-refractivity contribution in [2.24, 2.45) is 0 Å². The van der Waals surface area contributed by atoms with Gasteiger partial charge in [-0.3, -0.25) is 14.6 Å². The zero-order valence-electron chi connectivity index (χ0n) is 17.1. The van der Waals surface area contributed by atoms with E-state index in [2.05, 4.69) is 20.4 Å². The minimum atomic E-state index is -0.392. The molecule has 0 spiro atoms. The van der Waals surface area contributed by atoms with Crippen LogP contribution in [0.5, 0.6) is 5.75 Å². The molecule has 0 fully saturated rings. The number of carbonyl (C=O) groups is 1. The lowest BCUT2D eigenvalue weighted by molar-refractivity contribution is 0.102. The summed E-state index contributed by atoms with van der Waals surface area (Å²) in [5, 5.41) is 7.33. The number of para-hydroxylation sites is 1. The van der Waals surface area contributed by atoms with Gasteiger partial charge >= 0.3 is 0 Å². The van der Waals surface area contributed by atoms with E-state index in [-0.39, 0.29) is 11.5 Å². The fourth-order valence-corrected chi connectivity index (χ4v) is 3.17. The zero-order valence-corrected chi connectivity index (χ0v) is 17.1. The number of methoxy groups -OCH3 is 1. The first-order valence-corrected chi connectivity index (χ1v) is 9.78. The molecule has 4 rings (SSSR count). The number of hydrogen-bond acceptors (Lipinski definition) is 6. The van der Waals surface area contributed by atoms with Gasteiger partial charge in [0.2, 0.25) is 5.95 Å². The number of rotatable bonds is 7. The summed E-state index contributed by atoms with van der Waals surface area (Å²) in [4.78, 5) is 32.3. The van der Waals surface area contributed by atoms with Crippen molar-refractivity contribution in [3.63, 3.8) is 0 Å². The van der Waals surface area contributed by atoms with Crippen LogP contribution in [0.2, 0.25) is 0 Å². The molecule has 4 aromatic rings. The number of nitrogens with one attached hydrogen (secondary N) is 2. The predicted octanol–water partition coefficient (Wildman–Crippen LogP) is 3.43. The molecule has 158 valence electrons. The molecule has 0 aliphatic heterocycles. The molecule has 1 amide bonds. The minimum Gasteiger partial charge on any atom is -0.496 e. The lowest BCUT2D eigenvalue weighted by atomic mass is 10.2. The smallest absolute Gasteiger partial charge is 0.260 e. The normalized spacial score (nSPS) is 10.8. The number of benzene rings is 1. The van der Waals surface area contributed by atoms with Crippen molar-refractivity contribution < 1.29 is 13.9 Å². The number of furan rings is 1. The number of ether oxygens (including phenoxy) is 1. The fraction of sp³-hybridized carbons (Fsp3) is 0.182. The van der Waals surface area contributed by atoms with E-state index in [0.717, 1.165) is 6.42 Å². The van der Waals surface area contributed by atoms with Crippen molar-refractivity contribution in [2.75, 3.05) is 12.4 Å². The molecule has 2 N–H and O–H groups in total. The van der Waals surface area contributed by atoms with Gasteiger partial charge < -0.3 is 14.5 Å². The number of carbonyl (C=O) groups excluding carboxylic acids is 1. The zero-order chi connectivity index (χ0) is 21.8. The van der Waals surface area contributed by atoms with Crippen LogP contribution in [0.4, 0.5) is 5.82 Å². The molecule has 1 aromatic carbocycles. The van der Waals surface area contributed by atoms with Gasteiger partial charge in [-0.05, 0) is 30.7 Å². The summed E-state index contributed by atoms with van der Waals surface area (Å²) in [6.07, 6.45) is 3.01. The van der Waals surface area contributed by atoms with E-state index >= 15 is 0 Å². The number of amides is 1. The maximum absolute atomic E-state index is 13.0. The van der Waals surface area contributed by atoms with Crippen LogP contribution in [-0.4, -0.2) is 32.8 Å². The largest absolute Gasteiger partial charge is 0.496 e. The Kier molecular flexibility index (Phi) is 5.65. The number of nitrogens with zero attached hydrogens (tertiary/aromatic N) is 3. The highest BCUT2D eigenvalue weighted by atomic mass is 16.5. The van der Waals surface area contributed by atoms with Crippen molar-refractivity contribution in [1.29, 1.82) is 0 Å². The van der Waals surface area contributed by atoms with Gasteiger partial charge in [-0.2, -0.15) is 9.78 Å². The number of hydrogen-bond donors (Lipinski definition) is 2. The molecule has 31 heavy (non-hydrogen) atoms. The Labute approximate surface area is 177 Å². The number of aromatic nitrogens is 4. The summed E-state index contributed by atoms with van der Waals surface area (Å²) in [6.45, 7) is 2.00. The standard InChI is InChI=1S/C22H21N5O4/c1-3-7-14-12-20(28)25-22(23-14)27-19(13-16(26-27)18-10-6-11-31-18)24-21(29)15-8-4-5-9-17(15)30-2/h4-6,8-13H,3,7H2,1-2H3,(H,24,29)(H,23,25,28).